The zero-order valence-electron chi connectivity index (χ0n) is 15.4. The van der Waals surface area contributed by atoms with E-state index >= 15 is 0 Å². The molecule has 0 aliphatic rings. The van der Waals surface area contributed by atoms with E-state index in [1.54, 1.807) is 49.1 Å². The summed E-state index contributed by atoms with van der Waals surface area (Å²) < 4.78 is 5.76. The van der Waals surface area contributed by atoms with E-state index in [0.29, 0.717) is 39.9 Å². The fourth-order valence-corrected chi connectivity index (χ4v) is 2.80. The van der Waals surface area contributed by atoms with Gasteiger partial charge in [0.25, 0.3) is 5.91 Å². The number of fused-ring (bicyclic) bond motifs is 1. The maximum Gasteiger partial charge on any atom is 0.258 e. The van der Waals surface area contributed by atoms with Crippen molar-refractivity contribution in [1.29, 1.82) is 0 Å². The lowest BCUT2D eigenvalue weighted by Gasteiger charge is -2.05. The van der Waals surface area contributed by atoms with Gasteiger partial charge in [-0.1, -0.05) is 0 Å². The molecule has 1 amide bonds. The van der Waals surface area contributed by atoms with Gasteiger partial charge in [0.1, 0.15) is 5.52 Å². The Hall–Kier alpha value is -4.53. The van der Waals surface area contributed by atoms with Crippen LogP contribution in [0.3, 0.4) is 0 Å². The predicted octanol–water partition coefficient (Wildman–Crippen LogP) is 3.39. The average molecular weight is 395 g/mol. The van der Waals surface area contributed by atoms with Crippen LogP contribution in [0, 0.1) is 0 Å². The zero-order valence-corrected chi connectivity index (χ0v) is 15.4. The molecule has 0 spiro atoms. The minimum absolute atomic E-state index is 0.311. The molecule has 9 heteroatoms. The van der Waals surface area contributed by atoms with E-state index in [-0.39, 0.29) is 5.91 Å². The highest BCUT2D eigenvalue weighted by molar-refractivity contribution is 6.04. The maximum absolute atomic E-state index is 12.6. The Bertz CT molecular complexity index is 1320. The van der Waals surface area contributed by atoms with E-state index < -0.39 is 0 Å². The van der Waals surface area contributed by atoms with E-state index in [2.05, 4.69) is 35.2 Å². The van der Waals surface area contributed by atoms with Gasteiger partial charge in [-0.2, -0.15) is 0 Å². The van der Waals surface area contributed by atoms with Crippen LogP contribution in [0.25, 0.3) is 34.2 Å². The van der Waals surface area contributed by atoms with Gasteiger partial charge >= 0.3 is 0 Å². The SMILES string of the molecule is O=C(Nc1ccc2oc(-c3cccnc3)nc2c1)c1cnc(-c2ncccn2)nc1. The number of hydrogen-bond acceptors (Lipinski definition) is 8. The zero-order chi connectivity index (χ0) is 20.3. The van der Waals surface area contributed by atoms with Gasteiger partial charge in [-0.25, -0.2) is 24.9 Å². The van der Waals surface area contributed by atoms with Crippen molar-refractivity contribution in [1.82, 2.24) is 29.9 Å². The van der Waals surface area contributed by atoms with Crippen LogP contribution in [0.1, 0.15) is 10.4 Å². The average Bonchev–Trinajstić information content (AvgIpc) is 3.24. The van der Waals surface area contributed by atoms with E-state index in [1.807, 2.05) is 12.1 Å². The van der Waals surface area contributed by atoms with Crippen LogP contribution in [0.2, 0.25) is 0 Å². The number of anilines is 1. The maximum atomic E-state index is 12.6. The van der Waals surface area contributed by atoms with Crippen molar-refractivity contribution in [3.63, 3.8) is 0 Å². The molecule has 0 bridgehead atoms. The number of pyridine rings is 1. The number of aromatic nitrogens is 6. The molecular weight excluding hydrogens is 382 g/mol. The van der Waals surface area contributed by atoms with Gasteiger partial charge in [0, 0.05) is 42.9 Å². The summed E-state index contributed by atoms with van der Waals surface area (Å²) in [5.41, 5.74) is 2.90. The van der Waals surface area contributed by atoms with Crippen LogP contribution in [0.4, 0.5) is 5.69 Å². The lowest BCUT2D eigenvalue weighted by Crippen LogP contribution is -2.13. The molecule has 4 aromatic heterocycles. The fraction of sp³-hybridized carbons (Fsp3) is 0. The molecule has 1 N–H and O–H groups in total. The first-order valence-electron chi connectivity index (χ1n) is 8.98. The van der Waals surface area contributed by atoms with Crippen LogP contribution >= 0.6 is 0 Å². The number of amides is 1. The van der Waals surface area contributed by atoms with Gasteiger partial charge in [0.05, 0.1) is 11.1 Å². The van der Waals surface area contributed by atoms with Crippen LogP contribution < -0.4 is 5.32 Å². The second-order valence-corrected chi connectivity index (χ2v) is 6.27. The molecule has 0 unspecified atom stereocenters. The molecule has 0 fully saturated rings. The van der Waals surface area contributed by atoms with Crippen molar-refractivity contribution in [2.24, 2.45) is 0 Å². The first-order valence-corrected chi connectivity index (χ1v) is 8.98. The summed E-state index contributed by atoms with van der Waals surface area (Å²) in [4.78, 5) is 37.6. The Labute approximate surface area is 169 Å². The number of nitrogens with one attached hydrogen (secondary N) is 1. The number of nitrogens with zero attached hydrogens (tertiary/aromatic N) is 6. The highest BCUT2D eigenvalue weighted by Crippen LogP contribution is 2.25. The molecule has 0 atom stereocenters. The van der Waals surface area contributed by atoms with Crippen LogP contribution in [0.15, 0.2) is 78.0 Å². The van der Waals surface area contributed by atoms with Crippen LogP contribution in [-0.2, 0) is 0 Å². The number of oxazole rings is 1. The van der Waals surface area contributed by atoms with E-state index in [9.17, 15) is 4.79 Å². The van der Waals surface area contributed by atoms with E-state index in [0.717, 1.165) is 5.56 Å². The Kier molecular flexibility index (Phi) is 4.37. The van der Waals surface area contributed by atoms with Crippen molar-refractivity contribution in [3.8, 4) is 23.1 Å². The van der Waals surface area contributed by atoms with Gasteiger partial charge in [-0.15, -0.1) is 0 Å². The van der Waals surface area contributed by atoms with Gasteiger partial charge in [0.15, 0.2) is 17.2 Å². The quantitative estimate of drug-likeness (QED) is 0.492. The van der Waals surface area contributed by atoms with Gasteiger partial charge in [-0.05, 0) is 36.4 Å². The summed E-state index contributed by atoms with van der Waals surface area (Å²) in [6.45, 7) is 0. The fourth-order valence-electron chi connectivity index (χ4n) is 2.80. The van der Waals surface area contributed by atoms with Gasteiger partial charge in [0.2, 0.25) is 5.89 Å². The van der Waals surface area contributed by atoms with E-state index in [4.69, 9.17) is 4.42 Å². The van der Waals surface area contributed by atoms with Crippen molar-refractivity contribution >= 4 is 22.7 Å². The predicted molar refractivity (Wildman–Crippen MR) is 108 cm³/mol. The molecule has 9 nitrogen and oxygen atoms in total. The number of rotatable bonds is 4. The van der Waals surface area contributed by atoms with Crippen molar-refractivity contribution in [2.75, 3.05) is 5.32 Å². The number of carbonyl (C=O) groups excluding carboxylic acids is 1. The lowest BCUT2D eigenvalue weighted by atomic mass is 10.2. The molecule has 30 heavy (non-hydrogen) atoms. The van der Waals surface area contributed by atoms with Crippen LogP contribution in [-0.4, -0.2) is 35.8 Å². The summed E-state index contributed by atoms with van der Waals surface area (Å²) >= 11 is 0. The molecule has 4 heterocycles. The standard InChI is InChI=1S/C21H13N7O2/c29-20(14-11-25-19(26-12-14)18-23-7-2-8-24-18)27-15-4-5-17-16(9-15)28-21(30-17)13-3-1-6-22-10-13/h1-12H,(H,27,29). The molecule has 1 aromatic carbocycles. The summed E-state index contributed by atoms with van der Waals surface area (Å²) in [6, 6.07) is 10.6. The van der Waals surface area contributed by atoms with Gasteiger partial charge in [-0.3, -0.25) is 9.78 Å². The Morgan fingerprint density at radius 3 is 2.43 bits per heavy atom. The van der Waals surface area contributed by atoms with Crippen molar-refractivity contribution in [2.45, 2.75) is 0 Å². The minimum atomic E-state index is -0.342. The third-order valence-electron chi connectivity index (χ3n) is 4.23. The van der Waals surface area contributed by atoms with Crippen molar-refractivity contribution in [3.05, 3.63) is 79.1 Å². The molecule has 0 radical (unpaired) electrons. The monoisotopic (exact) mass is 395 g/mol. The molecule has 144 valence electrons. The second-order valence-electron chi connectivity index (χ2n) is 6.27. The highest BCUT2D eigenvalue weighted by atomic mass is 16.3. The Morgan fingerprint density at radius 2 is 1.67 bits per heavy atom. The van der Waals surface area contributed by atoms with Crippen molar-refractivity contribution < 1.29 is 9.21 Å². The largest absolute Gasteiger partial charge is 0.436 e. The number of benzene rings is 1. The minimum Gasteiger partial charge on any atom is -0.436 e. The van der Waals surface area contributed by atoms with Gasteiger partial charge < -0.3 is 9.73 Å². The highest BCUT2D eigenvalue weighted by Gasteiger charge is 2.12. The molecule has 0 aliphatic carbocycles. The molecule has 5 aromatic rings. The summed E-state index contributed by atoms with van der Waals surface area (Å²) in [7, 11) is 0. The third kappa shape index (κ3) is 3.47. The molecule has 0 aliphatic heterocycles. The summed E-state index contributed by atoms with van der Waals surface area (Å²) in [5.74, 6) is 0.865. The lowest BCUT2D eigenvalue weighted by molar-refractivity contribution is 0.102. The summed E-state index contributed by atoms with van der Waals surface area (Å²) in [5, 5.41) is 2.81. The molecular formula is C21H13N7O2. The third-order valence-corrected chi connectivity index (χ3v) is 4.23. The topological polar surface area (TPSA) is 120 Å². The van der Waals surface area contributed by atoms with E-state index in [1.165, 1.54) is 12.4 Å². The molecule has 0 saturated carbocycles. The molecule has 5 rings (SSSR count). The van der Waals surface area contributed by atoms with Crippen LogP contribution in [0.5, 0.6) is 0 Å². The number of hydrogen-bond donors (Lipinski definition) is 1. The molecule has 0 saturated heterocycles. The summed E-state index contributed by atoms with van der Waals surface area (Å²) in [6.07, 6.45) is 9.44. The first kappa shape index (κ1) is 17.6. The number of carbonyl (C=O) groups is 1. The smallest absolute Gasteiger partial charge is 0.258 e. The Balaban J connectivity index is 1.35. The Morgan fingerprint density at radius 1 is 0.867 bits per heavy atom. The first-order chi connectivity index (χ1) is 14.8. The second kappa shape index (κ2) is 7.47. The normalized spacial score (nSPS) is 10.8.